The van der Waals surface area contributed by atoms with Crippen molar-refractivity contribution in [3.63, 3.8) is 0 Å². The van der Waals surface area contributed by atoms with Gasteiger partial charge in [0.05, 0.1) is 0 Å². The van der Waals surface area contributed by atoms with E-state index in [1.807, 2.05) is 11.8 Å². The van der Waals surface area contributed by atoms with E-state index in [2.05, 4.69) is 10.6 Å². The monoisotopic (exact) mass is 283 g/mol. The highest BCUT2D eigenvalue weighted by Gasteiger charge is 2.25. The van der Waals surface area contributed by atoms with Gasteiger partial charge in [0.2, 0.25) is 5.91 Å². The fourth-order valence-electron chi connectivity index (χ4n) is 2.78. The largest absolute Gasteiger partial charge is 0.381 e. The predicted octanol–water partition coefficient (Wildman–Crippen LogP) is 0.723. The summed E-state index contributed by atoms with van der Waals surface area (Å²) in [7, 11) is 0. The van der Waals surface area contributed by atoms with E-state index in [1.54, 1.807) is 0 Å². The van der Waals surface area contributed by atoms with Crippen molar-refractivity contribution in [3.05, 3.63) is 0 Å². The SMILES string of the molecule is CCNC(=O)N1CCC(NC(=O)C[C@@H]2CCOC2)CC1. The van der Waals surface area contributed by atoms with Gasteiger partial charge in [-0.05, 0) is 32.1 Å². The normalized spacial score (nSPS) is 23.6. The second-order valence-electron chi connectivity index (χ2n) is 5.60. The fourth-order valence-corrected chi connectivity index (χ4v) is 2.78. The lowest BCUT2D eigenvalue weighted by atomic mass is 10.0. The summed E-state index contributed by atoms with van der Waals surface area (Å²) >= 11 is 0. The van der Waals surface area contributed by atoms with Gasteiger partial charge < -0.3 is 20.3 Å². The van der Waals surface area contributed by atoms with Gasteiger partial charge in [0, 0.05) is 45.3 Å². The molecule has 0 unspecified atom stereocenters. The molecule has 0 spiro atoms. The Labute approximate surface area is 120 Å². The van der Waals surface area contributed by atoms with Crippen LogP contribution in [0.5, 0.6) is 0 Å². The number of carbonyl (C=O) groups is 2. The first kappa shape index (κ1) is 15.1. The second-order valence-corrected chi connectivity index (χ2v) is 5.60. The molecule has 114 valence electrons. The third-order valence-electron chi connectivity index (χ3n) is 3.97. The topological polar surface area (TPSA) is 70.7 Å². The maximum atomic E-state index is 11.9. The molecule has 0 aromatic heterocycles. The van der Waals surface area contributed by atoms with Gasteiger partial charge in [-0.25, -0.2) is 4.79 Å². The number of piperidine rings is 1. The molecule has 0 aromatic rings. The van der Waals surface area contributed by atoms with E-state index in [-0.39, 0.29) is 18.0 Å². The molecule has 0 radical (unpaired) electrons. The van der Waals surface area contributed by atoms with Crippen LogP contribution in [-0.4, -0.2) is 55.7 Å². The van der Waals surface area contributed by atoms with Crippen molar-refractivity contribution in [2.45, 2.75) is 38.6 Å². The Kier molecular flexibility index (Phi) is 5.64. The molecule has 20 heavy (non-hydrogen) atoms. The standard InChI is InChI=1S/C14H25N3O3/c1-2-15-14(19)17-6-3-12(4-7-17)16-13(18)9-11-5-8-20-10-11/h11-12H,2-10H2,1H3,(H,15,19)(H,16,18)/t11-/m0/s1. The van der Waals surface area contributed by atoms with Gasteiger partial charge in [-0.1, -0.05) is 0 Å². The zero-order chi connectivity index (χ0) is 14.4. The zero-order valence-corrected chi connectivity index (χ0v) is 12.2. The maximum absolute atomic E-state index is 11.9. The number of hydrogen-bond donors (Lipinski definition) is 2. The first-order valence-electron chi connectivity index (χ1n) is 7.59. The third kappa shape index (κ3) is 4.37. The summed E-state index contributed by atoms with van der Waals surface area (Å²) in [5.41, 5.74) is 0. The third-order valence-corrected chi connectivity index (χ3v) is 3.97. The lowest BCUT2D eigenvalue weighted by molar-refractivity contribution is -0.123. The molecule has 6 nitrogen and oxygen atoms in total. The van der Waals surface area contributed by atoms with E-state index in [9.17, 15) is 9.59 Å². The molecular formula is C14H25N3O3. The Balaban J connectivity index is 1.65. The quantitative estimate of drug-likeness (QED) is 0.799. The number of nitrogens with one attached hydrogen (secondary N) is 2. The molecule has 1 atom stereocenters. The van der Waals surface area contributed by atoms with Gasteiger partial charge in [0.1, 0.15) is 0 Å². The lowest BCUT2D eigenvalue weighted by Gasteiger charge is -2.32. The Morgan fingerprint density at radius 1 is 1.25 bits per heavy atom. The highest BCUT2D eigenvalue weighted by Crippen LogP contribution is 2.17. The van der Waals surface area contributed by atoms with Gasteiger partial charge in [-0.2, -0.15) is 0 Å². The van der Waals surface area contributed by atoms with Crippen LogP contribution in [0.15, 0.2) is 0 Å². The van der Waals surface area contributed by atoms with Gasteiger partial charge in [-0.3, -0.25) is 4.79 Å². The molecule has 2 heterocycles. The van der Waals surface area contributed by atoms with Gasteiger partial charge in [0.25, 0.3) is 0 Å². The second kappa shape index (κ2) is 7.47. The molecular weight excluding hydrogens is 258 g/mol. The Morgan fingerprint density at radius 2 is 2.00 bits per heavy atom. The van der Waals surface area contributed by atoms with Crippen LogP contribution in [0.1, 0.15) is 32.6 Å². The van der Waals surface area contributed by atoms with Crippen molar-refractivity contribution < 1.29 is 14.3 Å². The van der Waals surface area contributed by atoms with Gasteiger partial charge >= 0.3 is 6.03 Å². The number of hydrogen-bond acceptors (Lipinski definition) is 3. The average Bonchev–Trinajstić information content (AvgIpc) is 2.92. The molecule has 0 bridgehead atoms. The zero-order valence-electron chi connectivity index (χ0n) is 12.2. The smallest absolute Gasteiger partial charge is 0.317 e. The summed E-state index contributed by atoms with van der Waals surface area (Å²) in [4.78, 5) is 25.4. The number of rotatable bonds is 4. The molecule has 0 saturated carbocycles. The molecule has 2 aliphatic heterocycles. The van der Waals surface area contributed by atoms with E-state index in [0.29, 0.717) is 38.6 Å². The van der Waals surface area contributed by atoms with Crippen LogP contribution in [0, 0.1) is 5.92 Å². The number of nitrogens with zero attached hydrogens (tertiary/aromatic N) is 1. The van der Waals surface area contributed by atoms with E-state index in [4.69, 9.17) is 4.74 Å². The number of amides is 3. The van der Waals surface area contributed by atoms with Crippen molar-refractivity contribution in [3.8, 4) is 0 Å². The summed E-state index contributed by atoms with van der Waals surface area (Å²) in [6.45, 7) is 5.48. The fraction of sp³-hybridized carbons (Fsp3) is 0.857. The minimum absolute atomic E-state index is 0.000353. The van der Waals surface area contributed by atoms with Crippen molar-refractivity contribution in [1.82, 2.24) is 15.5 Å². The highest BCUT2D eigenvalue weighted by molar-refractivity contribution is 5.77. The molecule has 2 N–H and O–H groups in total. The molecule has 2 aliphatic rings. The van der Waals surface area contributed by atoms with E-state index in [0.717, 1.165) is 25.9 Å². The van der Waals surface area contributed by atoms with Crippen LogP contribution in [0.25, 0.3) is 0 Å². The average molecular weight is 283 g/mol. The lowest BCUT2D eigenvalue weighted by Crippen LogP contribution is -2.49. The van der Waals surface area contributed by atoms with Crippen molar-refractivity contribution in [1.29, 1.82) is 0 Å². The highest BCUT2D eigenvalue weighted by atomic mass is 16.5. The number of carbonyl (C=O) groups excluding carboxylic acids is 2. The van der Waals surface area contributed by atoms with Gasteiger partial charge in [0.15, 0.2) is 0 Å². The Morgan fingerprint density at radius 3 is 2.60 bits per heavy atom. The van der Waals surface area contributed by atoms with Crippen molar-refractivity contribution in [2.75, 3.05) is 32.8 Å². The van der Waals surface area contributed by atoms with Gasteiger partial charge in [-0.15, -0.1) is 0 Å². The molecule has 6 heteroatoms. The number of ether oxygens (including phenoxy) is 1. The first-order chi connectivity index (χ1) is 9.69. The molecule has 0 aromatic carbocycles. The minimum atomic E-state index is 0.000353. The summed E-state index contributed by atoms with van der Waals surface area (Å²) in [5, 5.41) is 5.89. The molecule has 2 fully saturated rings. The van der Waals surface area contributed by atoms with Crippen molar-refractivity contribution >= 4 is 11.9 Å². The minimum Gasteiger partial charge on any atom is -0.381 e. The van der Waals surface area contributed by atoms with E-state index < -0.39 is 0 Å². The molecule has 3 amide bonds. The van der Waals surface area contributed by atoms with Crippen LogP contribution in [-0.2, 0) is 9.53 Å². The van der Waals surface area contributed by atoms with Crippen molar-refractivity contribution in [2.24, 2.45) is 5.92 Å². The number of likely N-dealkylation sites (tertiary alicyclic amines) is 1. The summed E-state index contributed by atoms with van der Waals surface area (Å²) in [6, 6.07) is 0.205. The van der Waals surface area contributed by atoms with Crippen LogP contribution in [0.2, 0.25) is 0 Å². The predicted molar refractivity (Wildman–Crippen MR) is 75.4 cm³/mol. The van der Waals surface area contributed by atoms with Crippen LogP contribution in [0.3, 0.4) is 0 Å². The van der Waals surface area contributed by atoms with Crippen LogP contribution in [0.4, 0.5) is 4.79 Å². The summed E-state index contributed by atoms with van der Waals surface area (Å²) in [6.07, 6.45) is 3.23. The Hall–Kier alpha value is -1.30. The Bertz CT molecular complexity index is 335. The number of urea groups is 1. The van der Waals surface area contributed by atoms with E-state index in [1.165, 1.54) is 0 Å². The summed E-state index contributed by atoms with van der Waals surface area (Å²) in [5.74, 6) is 0.502. The molecule has 2 saturated heterocycles. The van der Waals surface area contributed by atoms with Crippen LogP contribution < -0.4 is 10.6 Å². The summed E-state index contributed by atoms with van der Waals surface area (Å²) < 4.78 is 5.28. The molecule has 0 aliphatic carbocycles. The van der Waals surface area contributed by atoms with Crippen LogP contribution >= 0.6 is 0 Å². The first-order valence-corrected chi connectivity index (χ1v) is 7.59. The van der Waals surface area contributed by atoms with E-state index >= 15 is 0 Å². The maximum Gasteiger partial charge on any atom is 0.317 e. The molecule has 2 rings (SSSR count).